The molecule has 0 saturated heterocycles. The molecule has 0 spiro atoms. The van der Waals surface area contributed by atoms with Crippen LogP contribution in [0.3, 0.4) is 0 Å². The van der Waals surface area contributed by atoms with Gasteiger partial charge in [0.1, 0.15) is 0 Å². The lowest BCUT2D eigenvalue weighted by molar-refractivity contribution is -0.132. The minimum Gasteiger partial charge on any atom is -0.352 e. The molecule has 0 aliphatic heterocycles. The van der Waals surface area contributed by atoms with Gasteiger partial charge in [0.15, 0.2) is 0 Å². The van der Waals surface area contributed by atoms with E-state index in [1.165, 1.54) is 11.0 Å². The van der Waals surface area contributed by atoms with Crippen LogP contribution < -0.4 is 5.32 Å². The van der Waals surface area contributed by atoms with E-state index in [0.717, 1.165) is 0 Å². The van der Waals surface area contributed by atoms with E-state index in [2.05, 4.69) is 5.32 Å². The maximum absolute atomic E-state index is 12.1. The third-order valence-corrected chi connectivity index (χ3v) is 3.41. The maximum Gasteiger partial charge on any atom is 0.247 e. The van der Waals surface area contributed by atoms with Crippen molar-refractivity contribution in [2.75, 3.05) is 13.1 Å². The van der Waals surface area contributed by atoms with Crippen molar-refractivity contribution in [3.8, 4) is 0 Å². The van der Waals surface area contributed by atoms with Gasteiger partial charge in [-0.3, -0.25) is 9.59 Å². The Morgan fingerprint density at radius 2 is 2.00 bits per heavy atom. The molecule has 1 rings (SSSR count). The van der Waals surface area contributed by atoms with E-state index < -0.39 is 0 Å². The molecule has 0 unspecified atom stereocenters. The fourth-order valence-corrected chi connectivity index (χ4v) is 2.26. The van der Waals surface area contributed by atoms with Crippen molar-refractivity contribution in [3.63, 3.8) is 0 Å². The molecule has 0 heterocycles. The second kappa shape index (κ2) is 8.81. The summed E-state index contributed by atoms with van der Waals surface area (Å²) in [4.78, 5) is 25.3. The lowest BCUT2D eigenvalue weighted by atomic mass is 10.2. The smallest absolute Gasteiger partial charge is 0.247 e. The molecule has 2 amide bonds. The van der Waals surface area contributed by atoms with Gasteiger partial charge in [0.05, 0.1) is 6.54 Å². The number of hydrogen-bond acceptors (Lipinski definition) is 2. The van der Waals surface area contributed by atoms with Crippen LogP contribution in [0.15, 0.2) is 24.3 Å². The molecular formula is C16H20Cl2N2O2. The molecule has 0 fully saturated rings. The Morgan fingerprint density at radius 1 is 1.32 bits per heavy atom. The highest BCUT2D eigenvalue weighted by molar-refractivity contribution is 6.35. The highest BCUT2D eigenvalue weighted by Crippen LogP contribution is 2.22. The van der Waals surface area contributed by atoms with Crippen LogP contribution in [0.2, 0.25) is 10.0 Å². The van der Waals surface area contributed by atoms with Gasteiger partial charge in [0.25, 0.3) is 0 Å². The van der Waals surface area contributed by atoms with E-state index in [1.54, 1.807) is 24.3 Å². The Morgan fingerprint density at radius 3 is 2.55 bits per heavy atom. The van der Waals surface area contributed by atoms with Gasteiger partial charge in [-0.1, -0.05) is 29.3 Å². The second-order valence-corrected chi connectivity index (χ2v) is 5.92. The minimum absolute atomic E-state index is 0.0339. The predicted molar refractivity (Wildman–Crippen MR) is 91.0 cm³/mol. The van der Waals surface area contributed by atoms with E-state index >= 15 is 0 Å². The van der Waals surface area contributed by atoms with E-state index in [-0.39, 0.29) is 24.4 Å². The van der Waals surface area contributed by atoms with Crippen molar-refractivity contribution in [2.45, 2.75) is 26.8 Å². The zero-order chi connectivity index (χ0) is 16.7. The molecule has 1 aromatic rings. The summed E-state index contributed by atoms with van der Waals surface area (Å²) in [6.45, 7) is 6.05. The summed E-state index contributed by atoms with van der Waals surface area (Å²) in [6, 6.07) is 5.09. The van der Waals surface area contributed by atoms with Crippen molar-refractivity contribution in [2.24, 2.45) is 0 Å². The predicted octanol–water partition coefficient (Wildman–Crippen LogP) is 3.38. The number of hydrogen-bond donors (Lipinski definition) is 1. The topological polar surface area (TPSA) is 49.4 Å². The standard InChI is InChI=1S/C16H20Cl2N2O2/c1-4-20(10-15(21)19-11(2)3)16(22)8-6-12-5-7-13(17)9-14(12)18/h5-9,11H,4,10H2,1-3H3,(H,19,21)/b8-6+. The lowest BCUT2D eigenvalue weighted by Crippen LogP contribution is -2.42. The molecule has 0 atom stereocenters. The van der Waals surface area contributed by atoms with Crippen LogP contribution in [0, 0.1) is 0 Å². The summed E-state index contributed by atoms with van der Waals surface area (Å²) in [5, 5.41) is 3.76. The molecule has 0 saturated carbocycles. The third-order valence-electron chi connectivity index (χ3n) is 2.85. The number of carbonyl (C=O) groups is 2. The average molecular weight is 343 g/mol. The summed E-state index contributed by atoms with van der Waals surface area (Å²) in [5.74, 6) is -0.421. The Labute approximate surface area is 141 Å². The van der Waals surface area contributed by atoms with Gasteiger partial charge in [0.2, 0.25) is 11.8 Å². The van der Waals surface area contributed by atoms with Crippen LogP contribution >= 0.6 is 23.2 Å². The first kappa shape index (κ1) is 18.5. The van der Waals surface area contributed by atoms with Crippen LogP contribution in [0.1, 0.15) is 26.3 Å². The van der Waals surface area contributed by atoms with Gasteiger partial charge < -0.3 is 10.2 Å². The van der Waals surface area contributed by atoms with Crippen LogP contribution in [-0.2, 0) is 9.59 Å². The molecular weight excluding hydrogens is 323 g/mol. The van der Waals surface area contributed by atoms with E-state index in [1.807, 2.05) is 20.8 Å². The van der Waals surface area contributed by atoms with Crippen LogP contribution in [0.25, 0.3) is 6.08 Å². The minimum atomic E-state index is -0.243. The molecule has 1 N–H and O–H groups in total. The number of amides is 2. The number of nitrogens with one attached hydrogen (secondary N) is 1. The van der Waals surface area contributed by atoms with Crippen molar-refractivity contribution in [1.29, 1.82) is 0 Å². The van der Waals surface area contributed by atoms with Gasteiger partial charge >= 0.3 is 0 Å². The van der Waals surface area contributed by atoms with Gasteiger partial charge in [-0.25, -0.2) is 0 Å². The zero-order valence-corrected chi connectivity index (χ0v) is 14.4. The Balaban J connectivity index is 2.72. The first-order chi connectivity index (χ1) is 10.3. The zero-order valence-electron chi connectivity index (χ0n) is 12.9. The van der Waals surface area contributed by atoms with Gasteiger partial charge in [-0.05, 0) is 44.5 Å². The monoisotopic (exact) mass is 342 g/mol. The number of likely N-dealkylation sites (N-methyl/N-ethyl adjacent to an activating group) is 1. The Kier molecular flexibility index (Phi) is 7.42. The molecule has 6 heteroatoms. The molecule has 0 bridgehead atoms. The normalized spacial score (nSPS) is 11.0. The van der Waals surface area contributed by atoms with Crippen LogP contribution in [-0.4, -0.2) is 35.8 Å². The first-order valence-corrected chi connectivity index (χ1v) is 7.80. The molecule has 0 aromatic heterocycles. The van der Waals surface area contributed by atoms with E-state index in [0.29, 0.717) is 22.2 Å². The molecule has 120 valence electrons. The second-order valence-electron chi connectivity index (χ2n) is 5.07. The quantitative estimate of drug-likeness (QED) is 0.805. The number of nitrogens with zero attached hydrogens (tertiary/aromatic N) is 1. The summed E-state index contributed by atoms with van der Waals surface area (Å²) in [6.07, 6.45) is 3.02. The molecule has 22 heavy (non-hydrogen) atoms. The molecule has 0 aliphatic carbocycles. The number of rotatable bonds is 6. The highest BCUT2D eigenvalue weighted by atomic mass is 35.5. The van der Waals surface area contributed by atoms with Crippen LogP contribution in [0.4, 0.5) is 0 Å². The number of halogens is 2. The Bertz CT molecular complexity index is 571. The van der Waals surface area contributed by atoms with Crippen molar-refractivity contribution in [3.05, 3.63) is 39.9 Å². The van der Waals surface area contributed by atoms with Gasteiger partial charge in [-0.2, -0.15) is 0 Å². The molecule has 0 aliphatic rings. The summed E-state index contributed by atoms with van der Waals surface area (Å²) >= 11 is 11.9. The van der Waals surface area contributed by atoms with Crippen molar-refractivity contribution >= 4 is 41.1 Å². The lowest BCUT2D eigenvalue weighted by Gasteiger charge is -2.19. The summed E-state index contributed by atoms with van der Waals surface area (Å²) in [5.41, 5.74) is 0.696. The highest BCUT2D eigenvalue weighted by Gasteiger charge is 2.13. The van der Waals surface area contributed by atoms with Gasteiger partial charge in [-0.15, -0.1) is 0 Å². The number of carbonyl (C=O) groups excluding carboxylic acids is 2. The maximum atomic E-state index is 12.1. The molecule has 1 aromatic carbocycles. The SMILES string of the molecule is CCN(CC(=O)NC(C)C)C(=O)/C=C/c1ccc(Cl)cc1Cl. The first-order valence-electron chi connectivity index (χ1n) is 7.05. The number of benzene rings is 1. The summed E-state index contributed by atoms with van der Waals surface area (Å²) in [7, 11) is 0. The van der Waals surface area contributed by atoms with Crippen LogP contribution in [0.5, 0.6) is 0 Å². The van der Waals surface area contributed by atoms with Gasteiger partial charge in [0, 0.05) is 28.7 Å². The van der Waals surface area contributed by atoms with Crippen molar-refractivity contribution in [1.82, 2.24) is 10.2 Å². The third kappa shape index (κ3) is 6.08. The summed E-state index contributed by atoms with van der Waals surface area (Å²) < 4.78 is 0. The Hall–Kier alpha value is -1.52. The van der Waals surface area contributed by atoms with E-state index in [4.69, 9.17) is 23.2 Å². The fourth-order valence-electron chi connectivity index (χ4n) is 1.79. The average Bonchev–Trinajstić information content (AvgIpc) is 2.42. The van der Waals surface area contributed by atoms with E-state index in [9.17, 15) is 9.59 Å². The largest absolute Gasteiger partial charge is 0.352 e. The molecule has 0 radical (unpaired) electrons. The fraction of sp³-hybridized carbons (Fsp3) is 0.375. The molecule has 4 nitrogen and oxygen atoms in total. The van der Waals surface area contributed by atoms with Crippen molar-refractivity contribution < 1.29 is 9.59 Å².